The summed E-state index contributed by atoms with van der Waals surface area (Å²) in [4.78, 5) is 0. The smallest absolute Gasteiger partial charge is 0.313 e. The highest BCUT2D eigenvalue weighted by Gasteiger charge is 2.08. The zero-order chi connectivity index (χ0) is 10.8. The van der Waals surface area contributed by atoms with E-state index in [4.69, 9.17) is 20.6 Å². The predicted molar refractivity (Wildman–Crippen MR) is 55.1 cm³/mol. The van der Waals surface area contributed by atoms with E-state index < -0.39 is 0 Å². The molecule has 1 heterocycles. The zero-order valence-electron chi connectivity index (χ0n) is 8.10. The van der Waals surface area contributed by atoms with E-state index in [1.165, 1.54) is 7.11 Å². The molecular weight excluding hydrogens is 196 g/mol. The number of methoxy groups -OCH3 is 1. The van der Waals surface area contributed by atoms with Gasteiger partial charge in [-0.15, -0.1) is 5.10 Å². The molecule has 0 bridgehead atoms. The van der Waals surface area contributed by atoms with Crippen molar-refractivity contribution in [1.29, 1.82) is 0 Å². The van der Waals surface area contributed by atoms with Crippen molar-refractivity contribution in [3.05, 3.63) is 18.2 Å². The van der Waals surface area contributed by atoms with Gasteiger partial charge in [-0.2, -0.15) is 0 Å². The maximum Gasteiger partial charge on any atom is 0.313 e. The molecule has 0 amide bonds. The van der Waals surface area contributed by atoms with Crippen LogP contribution in [0, 0.1) is 0 Å². The second-order valence-electron chi connectivity index (χ2n) is 2.90. The highest BCUT2D eigenvalue weighted by molar-refractivity contribution is 5.64. The SMILES string of the molecule is COc1cc(-c2nnc(N)o2)ccc1N. The Morgan fingerprint density at radius 1 is 1.27 bits per heavy atom. The number of ether oxygens (including phenoxy) is 1. The highest BCUT2D eigenvalue weighted by Crippen LogP contribution is 2.28. The number of nitrogens with two attached hydrogens (primary N) is 2. The van der Waals surface area contributed by atoms with Crippen molar-refractivity contribution in [3.8, 4) is 17.2 Å². The fourth-order valence-corrected chi connectivity index (χ4v) is 1.20. The van der Waals surface area contributed by atoms with E-state index in [9.17, 15) is 0 Å². The minimum Gasteiger partial charge on any atom is -0.495 e. The molecule has 6 nitrogen and oxygen atoms in total. The van der Waals surface area contributed by atoms with E-state index >= 15 is 0 Å². The van der Waals surface area contributed by atoms with Gasteiger partial charge in [0.05, 0.1) is 12.8 Å². The quantitative estimate of drug-likeness (QED) is 0.708. The Hall–Kier alpha value is -2.24. The number of rotatable bonds is 2. The fraction of sp³-hybridized carbons (Fsp3) is 0.111. The Bertz CT molecular complexity index is 481. The molecule has 6 heteroatoms. The summed E-state index contributed by atoms with van der Waals surface area (Å²) < 4.78 is 10.1. The first-order valence-electron chi connectivity index (χ1n) is 4.23. The minimum atomic E-state index is 0.0285. The molecule has 78 valence electrons. The molecule has 2 aromatic rings. The van der Waals surface area contributed by atoms with Crippen LogP contribution in [0.3, 0.4) is 0 Å². The monoisotopic (exact) mass is 206 g/mol. The molecule has 0 aliphatic carbocycles. The number of aromatic nitrogens is 2. The molecule has 0 atom stereocenters. The Morgan fingerprint density at radius 2 is 2.07 bits per heavy atom. The van der Waals surface area contributed by atoms with Crippen LogP contribution in [0.4, 0.5) is 11.7 Å². The van der Waals surface area contributed by atoms with Crippen LogP contribution in [-0.2, 0) is 0 Å². The van der Waals surface area contributed by atoms with Crippen molar-refractivity contribution >= 4 is 11.7 Å². The van der Waals surface area contributed by atoms with Gasteiger partial charge in [0, 0.05) is 5.56 Å². The lowest BCUT2D eigenvalue weighted by Gasteiger charge is -2.04. The van der Waals surface area contributed by atoms with Crippen LogP contribution in [-0.4, -0.2) is 17.3 Å². The Balaban J connectivity index is 2.45. The van der Waals surface area contributed by atoms with Gasteiger partial charge in [-0.05, 0) is 18.2 Å². The van der Waals surface area contributed by atoms with Gasteiger partial charge in [-0.25, -0.2) is 0 Å². The van der Waals surface area contributed by atoms with Gasteiger partial charge in [0.2, 0.25) is 5.89 Å². The molecule has 1 aromatic carbocycles. The molecule has 15 heavy (non-hydrogen) atoms. The van der Waals surface area contributed by atoms with Crippen LogP contribution in [0.15, 0.2) is 22.6 Å². The van der Waals surface area contributed by atoms with Crippen molar-refractivity contribution in [2.75, 3.05) is 18.6 Å². The van der Waals surface area contributed by atoms with E-state index in [1.807, 2.05) is 0 Å². The van der Waals surface area contributed by atoms with E-state index in [1.54, 1.807) is 18.2 Å². The van der Waals surface area contributed by atoms with Crippen LogP contribution < -0.4 is 16.2 Å². The predicted octanol–water partition coefficient (Wildman–Crippen LogP) is 0.910. The van der Waals surface area contributed by atoms with E-state index in [2.05, 4.69) is 10.2 Å². The number of anilines is 2. The first-order valence-corrected chi connectivity index (χ1v) is 4.23. The lowest BCUT2D eigenvalue weighted by Crippen LogP contribution is -1.92. The summed E-state index contributed by atoms with van der Waals surface area (Å²) in [5.74, 6) is 0.898. The molecule has 0 saturated carbocycles. The van der Waals surface area contributed by atoms with Crippen molar-refractivity contribution < 1.29 is 9.15 Å². The molecule has 2 rings (SSSR count). The normalized spacial score (nSPS) is 10.2. The molecule has 0 fully saturated rings. The number of nitrogens with zero attached hydrogens (tertiary/aromatic N) is 2. The summed E-state index contributed by atoms with van der Waals surface area (Å²) in [5.41, 5.74) is 12.3. The topological polar surface area (TPSA) is 100 Å². The van der Waals surface area contributed by atoms with Gasteiger partial charge in [0.1, 0.15) is 5.75 Å². The zero-order valence-corrected chi connectivity index (χ0v) is 8.10. The summed E-state index contributed by atoms with van der Waals surface area (Å²) in [6.07, 6.45) is 0. The second-order valence-corrected chi connectivity index (χ2v) is 2.90. The van der Waals surface area contributed by atoms with Crippen LogP contribution >= 0.6 is 0 Å². The van der Waals surface area contributed by atoms with Gasteiger partial charge in [-0.3, -0.25) is 0 Å². The van der Waals surface area contributed by atoms with Crippen molar-refractivity contribution in [1.82, 2.24) is 10.2 Å². The van der Waals surface area contributed by atoms with Crippen LogP contribution in [0.25, 0.3) is 11.5 Å². The van der Waals surface area contributed by atoms with Gasteiger partial charge in [-0.1, -0.05) is 5.10 Å². The molecule has 0 unspecified atom stereocenters. The minimum absolute atomic E-state index is 0.0285. The third kappa shape index (κ3) is 1.69. The first-order chi connectivity index (χ1) is 7.20. The van der Waals surface area contributed by atoms with Crippen molar-refractivity contribution in [2.45, 2.75) is 0 Å². The molecule has 0 radical (unpaired) electrons. The number of nitrogen functional groups attached to an aromatic ring is 2. The summed E-state index contributed by atoms with van der Waals surface area (Å²) in [7, 11) is 1.54. The maximum absolute atomic E-state index is 5.67. The molecule has 4 N–H and O–H groups in total. The number of hydrogen-bond acceptors (Lipinski definition) is 6. The lowest BCUT2D eigenvalue weighted by atomic mass is 10.2. The van der Waals surface area contributed by atoms with Crippen molar-refractivity contribution in [2.24, 2.45) is 0 Å². The third-order valence-corrected chi connectivity index (χ3v) is 1.92. The maximum atomic E-state index is 5.67. The van der Waals surface area contributed by atoms with Gasteiger partial charge >= 0.3 is 6.01 Å². The summed E-state index contributed by atoms with van der Waals surface area (Å²) in [6.45, 7) is 0. The van der Waals surface area contributed by atoms with Gasteiger partial charge < -0.3 is 20.6 Å². The van der Waals surface area contributed by atoms with E-state index in [0.717, 1.165) is 0 Å². The van der Waals surface area contributed by atoms with Crippen LogP contribution in [0.5, 0.6) is 5.75 Å². The summed E-state index contributed by atoms with van der Waals surface area (Å²) in [5, 5.41) is 7.31. The Morgan fingerprint density at radius 3 is 2.67 bits per heavy atom. The first kappa shape index (κ1) is 9.32. The molecule has 1 aromatic heterocycles. The third-order valence-electron chi connectivity index (χ3n) is 1.92. The van der Waals surface area contributed by atoms with Gasteiger partial charge in [0.15, 0.2) is 0 Å². The van der Waals surface area contributed by atoms with Crippen LogP contribution in [0.1, 0.15) is 0 Å². The van der Waals surface area contributed by atoms with Crippen LogP contribution in [0.2, 0.25) is 0 Å². The molecular formula is C9H10N4O2. The molecule has 0 spiro atoms. The average Bonchev–Trinajstić information content (AvgIpc) is 2.66. The standard InChI is InChI=1S/C9H10N4O2/c1-14-7-4-5(2-3-6(7)10)8-12-13-9(11)15-8/h2-4H,10H2,1H3,(H2,11,13). The summed E-state index contributed by atoms with van der Waals surface area (Å²) >= 11 is 0. The summed E-state index contributed by atoms with van der Waals surface area (Å²) in [6, 6.07) is 5.20. The fourth-order valence-electron chi connectivity index (χ4n) is 1.20. The van der Waals surface area contributed by atoms with Gasteiger partial charge in [0.25, 0.3) is 0 Å². The van der Waals surface area contributed by atoms with E-state index in [-0.39, 0.29) is 6.01 Å². The second kappa shape index (κ2) is 3.49. The lowest BCUT2D eigenvalue weighted by molar-refractivity contribution is 0.417. The Kier molecular flexibility index (Phi) is 2.17. The number of benzene rings is 1. The largest absolute Gasteiger partial charge is 0.495 e. The van der Waals surface area contributed by atoms with E-state index in [0.29, 0.717) is 22.9 Å². The Labute approximate surface area is 85.8 Å². The molecule has 0 aliphatic rings. The number of hydrogen-bond donors (Lipinski definition) is 2. The molecule has 0 aliphatic heterocycles. The highest BCUT2D eigenvalue weighted by atomic mass is 16.5. The average molecular weight is 206 g/mol. The van der Waals surface area contributed by atoms with Crippen molar-refractivity contribution in [3.63, 3.8) is 0 Å². The molecule has 0 saturated heterocycles.